The summed E-state index contributed by atoms with van der Waals surface area (Å²) in [5.74, 6) is -0.905. The van der Waals surface area contributed by atoms with Crippen LogP contribution in [0.4, 0.5) is 0 Å². The fourth-order valence-corrected chi connectivity index (χ4v) is 9.24. The van der Waals surface area contributed by atoms with Crippen molar-refractivity contribution in [3.05, 3.63) is 48.6 Å². The molecule has 6 atom stereocenters. The van der Waals surface area contributed by atoms with Crippen molar-refractivity contribution in [2.24, 2.45) is 11.5 Å². The SMILES string of the molecule is CCCCC/C=C\C/C=C\CCCCCCCCC1(CCCCCCCC/C=C\C/C=C\CCCCC)O[C@H]2[C@H](O1)[C@@H](COP(=O)(O)OCCN)O[C@H]2COP(=O)(O)OCCN. The summed E-state index contributed by atoms with van der Waals surface area (Å²) in [5.41, 5.74) is 10.9. The van der Waals surface area contributed by atoms with Crippen molar-refractivity contribution in [3.8, 4) is 0 Å². The number of fused-ring (bicyclic) bond motifs is 1. The van der Waals surface area contributed by atoms with Crippen molar-refractivity contribution >= 4 is 15.6 Å². The minimum atomic E-state index is -4.42. The Morgan fingerprint density at radius 3 is 1.19 bits per heavy atom. The summed E-state index contributed by atoms with van der Waals surface area (Å²) in [6.45, 7) is 3.61. The molecule has 2 saturated heterocycles. The van der Waals surface area contributed by atoms with Gasteiger partial charge in [0.15, 0.2) is 5.79 Å². The van der Waals surface area contributed by atoms with Crippen LogP contribution in [0, 0.1) is 0 Å². The number of phosphoric acid groups is 2. The van der Waals surface area contributed by atoms with Gasteiger partial charge in [0.25, 0.3) is 0 Å². The van der Waals surface area contributed by atoms with E-state index in [0.717, 1.165) is 64.2 Å². The van der Waals surface area contributed by atoms with Gasteiger partial charge in [-0.2, -0.15) is 0 Å². The Morgan fingerprint density at radius 1 is 0.500 bits per heavy atom. The number of phosphoric ester groups is 2. The molecule has 6 N–H and O–H groups in total. The van der Waals surface area contributed by atoms with Crippen molar-refractivity contribution < 1.29 is 51.2 Å². The van der Waals surface area contributed by atoms with Gasteiger partial charge in [0.1, 0.15) is 24.4 Å². The van der Waals surface area contributed by atoms with E-state index in [1.54, 1.807) is 0 Å². The molecule has 2 aliphatic heterocycles. The maximum atomic E-state index is 12.5. The third-order valence-corrected chi connectivity index (χ3v) is 13.1. The molecule has 2 rings (SSSR count). The summed E-state index contributed by atoms with van der Waals surface area (Å²) in [5, 5.41) is 0. The van der Waals surface area contributed by atoms with Crippen LogP contribution in [0.15, 0.2) is 48.6 Å². The standard InChI is InChI=1S/C47H88N2O11P2/c1-3-5-7-9-11-13-15-17-19-21-23-25-27-29-31-33-35-47(36-34-32-30-28-26-24-22-20-18-16-14-12-10-8-6-4-2)59-45-43(41-56-61(50,51)54-39-37-48)58-44(46(45)60-47)42-57-62(52,53)55-40-38-49/h11-14,17-20,43-46H,3-10,15-16,21-42,48-49H2,1-2H3,(H,50,51)(H,52,53)/b13-11-,14-12-,19-17-,20-18-/t43-,44+,45-,46-/m1/s1. The van der Waals surface area contributed by atoms with Gasteiger partial charge >= 0.3 is 15.6 Å². The molecule has 0 bridgehead atoms. The Morgan fingerprint density at radius 2 is 0.839 bits per heavy atom. The molecule has 0 spiro atoms. The van der Waals surface area contributed by atoms with Crippen LogP contribution in [0.3, 0.4) is 0 Å². The molecule has 0 aromatic rings. The third kappa shape index (κ3) is 27.5. The third-order valence-electron chi connectivity index (χ3n) is 11.2. The lowest BCUT2D eigenvalue weighted by Crippen LogP contribution is -2.37. The van der Waals surface area contributed by atoms with Gasteiger partial charge in [-0.3, -0.25) is 18.1 Å². The van der Waals surface area contributed by atoms with E-state index >= 15 is 0 Å². The first-order chi connectivity index (χ1) is 30.1. The fraction of sp³-hybridized carbons (Fsp3) is 0.830. The first-order valence-electron chi connectivity index (χ1n) is 24.4. The smallest absolute Gasteiger partial charge is 0.364 e. The molecule has 2 unspecified atom stereocenters. The lowest BCUT2D eigenvalue weighted by Gasteiger charge is -2.31. The van der Waals surface area contributed by atoms with Crippen molar-refractivity contribution in [1.82, 2.24) is 0 Å². The molecular formula is C47H88N2O11P2. The predicted octanol–water partition coefficient (Wildman–Crippen LogP) is 11.8. The minimum absolute atomic E-state index is 0.0499. The topological polar surface area (TPSA) is 191 Å². The second-order valence-electron chi connectivity index (χ2n) is 16.7. The molecule has 62 heavy (non-hydrogen) atoms. The van der Waals surface area contributed by atoms with Crippen LogP contribution in [0.1, 0.15) is 181 Å². The lowest BCUT2D eigenvalue weighted by atomic mass is 9.98. The Bertz CT molecular complexity index is 1220. The van der Waals surface area contributed by atoms with E-state index in [2.05, 4.69) is 62.5 Å². The first kappa shape index (κ1) is 57.1. The van der Waals surface area contributed by atoms with Gasteiger partial charge in [-0.25, -0.2) is 9.13 Å². The Labute approximate surface area is 376 Å². The molecule has 362 valence electrons. The monoisotopic (exact) mass is 919 g/mol. The van der Waals surface area contributed by atoms with Gasteiger partial charge in [0, 0.05) is 25.9 Å². The van der Waals surface area contributed by atoms with E-state index in [1.165, 1.54) is 89.9 Å². The maximum absolute atomic E-state index is 12.5. The Hall–Kier alpha value is -1.02. The summed E-state index contributed by atoms with van der Waals surface area (Å²) in [6.07, 6.45) is 44.2. The van der Waals surface area contributed by atoms with Crippen LogP contribution in [0.5, 0.6) is 0 Å². The van der Waals surface area contributed by atoms with Gasteiger partial charge in [0.2, 0.25) is 0 Å². The van der Waals surface area contributed by atoms with Gasteiger partial charge in [-0.1, -0.05) is 140 Å². The second kappa shape index (κ2) is 36.1. The van der Waals surface area contributed by atoms with E-state index in [9.17, 15) is 18.9 Å². The van der Waals surface area contributed by atoms with E-state index in [1.807, 2.05) is 0 Å². The molecule has 13 nitrogen and oxygen atoms in total. The highest BCUT2D eigenvalue weighted by Gasteiger charge is 2.58. The second-order valence-corrected chi connectivity index (χ2v) is 19.6. The summed E-state index contributed by atoms with van der Waals surface area (Å²) < 4.78 is 65.3. The molecule has 0 saturated carbocycles. The molecule has 0 amide bonds. The summed E-state index contributed by atoms with van der Waals surface area (Å²) in [4.78, 5) is 20.4. The number of unbranched alkanes of at least 4 members (excludes halogenated alkanes) is 18. The van der Waals surface area contributed by atoms with E-state index in [0.29, 0.717) is 12.8 Å². The molecule has 0 aromatic heterocycles. The number of nitrogens with two attached hydrogens (primary N) is 2. The first-order valence-corrected chi connectivity index (χ1v) is 27.3. The zero-order chi connectivity index (χ0) is 45.0. The normalized spacial score (nSPS) is 22.2. The van der Waals surface area contributed by atoms with Crippen LogP contribution in [0.25, 0.3) is 0 Å². The average molecular weight is 919 g/mol. The van der Waals surface area contributed by atoms with Crippen molar-refractivity contribution in [1.29, 1.82) is 0 Å². The highest BCUT2D eigenvalue weighted by Crippen LogP contribution is 2.49. The van der Waals surface area contributed by atoms with Gasteiger partial charge < -0.3 is 35.5 Å². The van der Waals surface area contributed by atoms with Crippen molar-refractivity contribution in [3.63, 3.8) is 0 Å². The summed E-state index contributed by atoms with van der Waals surface area (Å²) in [6, 6.07) is 0. The van der Waals surface area contributed by atoms with Gasteiger partial charge in [0.05, 0.1) is 26.4 Å². The van der Waals surface area contributed by atoms with Crippen molar-refractivity contribution in [2.75, 3.05) is 39.5 Å². The highest BCUT2D eigenvalue weighted by atomic mass is 31.2. The minimum Gasteiger partial charge on any atom is -0.364 e. The Kier molecular flexibility index (Phi) is 33.3. The van der Waals surface area contributed by atoms with Crippen LogP contribution >= 0.6 is 15.6 Å². The van der Waals surface area contributed by atoms with E-state index < -0.39 is 45.8 Å². The predicted molar refractivity (Wildman–Crippen MR) is 251 cm³/mol. The average Bonchev–Trinajstić information content (AvgIpc) is 3.78. The largest absolute Gasteiger partial charge is 0.472 e. The molecular weight excluding hydrogens is 830 g/mol. The number of rotatable bonds is 42. The number of allylic oxidation sites excluding steroid dienone is 8. The highest BCUT2D eigenvalue weighted by molar-refractivity contribution is 7.47. The van der Waals surface area contributed by atoms with Crippen LogP contribution in [-0.2, 0) is 41.4 Å². The molecule has 0 aromatic carbocycles. The molecule has 2 aliphatic rings. The number of hydrogen-bond acceptors (Lipinski definition) is 11. The number of ether oxygens (including phenoxy) is 3. The van der Waals surface area contributed by atoms with Crippen LogP contribution in [-0.4, -0.2) is 79.5 Å². The van der Waals surface area contributed by atoms with Crippen LogP contribution in [0.2, 0.25) is 0 Å². The summed E-state index contributed by atoms with van der Waals surface area (Å²) >= 11 is 0. The van der Waals surface area contributed by atoms with Crippen LogP contribution < -0.4 is 11.5 Å². The van der Waals surface area contributed by atoms with Gasteiger partial charge in [-0.05, 0) is 77.0 Å². The maximum Gasteiger partial charge on any atom is 0.472 e. The fourth-order valence-electron chi connectivity index (χ4n) is 7.75. The number of hydrogen-bond donors (Lipinski definition) is 4. The van der Waals surface area contributed by atoms with Gasteiger partial charge in [-0.15, -0.1) is 0 Å². The molecule has 0 aliphatic carbocycles. The van der Waals surface area contributed by atoms with E-state index in [4.69, 9.17) is 43.8 Å². The lowest BCUT2D eigenvalue weighted by molar-refractivity contribution is -0.221. The zero-order valence-electron chi connectivity index (χ0n) is 38.7. The molecule has 2 heterocycles. The summed E-state index contributed by atoms with van der Waals surface area (Å²) in [7, 11) is -8.83. The molecule has 2 fully saturated rings. The van der Waals surface area contributed by atoms with Crippen molar-refractivity contribution in [2.45, 2.75) is 211 Å². The molecule has 0 radical (unpaired) electrons. The van der Waals surface area contributed by atoms with E-state index in [-0.39, 0.29) is 39.5 Å². The zero-order valence-corrected chi connectivity index (χ0v) is 40.5. The Balaban J connectivity index is 1.95. The quantitative estimate of drug-likeness (QED) is 0.0257. The molecule has 15 heteroatoms.